The molecule has 5 heteroatoms. The standard InChI is InChI=1S/C11H13BrN2O2/c1-8(15)13-6-7-14-11(16)9-4-2-3-5-10(9)12/h2-5H,6-7H2,1H3,(H,13,15)(H,14,16). The van der Waals surface area contributed by atoms with Crippen molar-refractivity contribution in [2.24, 2.45) is 0 Å². The molecule has 0 unspecified atom stereocenters. The van der Waals surface area contributed by atoms with Crippen molar-refractivity contribution in [3.8, 4) is 0 Å². The Morgan fingerprint density at radius 2 is 1.81 bits per heavy atom. The van der Waals surface area contributed by atoms with Crippen molar-refractivity contribution in [3.63, 3.8) is 0 Å². The van der Waals surface area contributed by atoms with E-state index in [1.54, 1.807) is 12.1 Å². The number of carbonyl (C=O) groups is 2. The average molecular weight is 285 g/mol. The molecule has 0 fully saturated rings. The van der Waals surface area contributed by atoms with Crippen LogP contribution in [0.5, 0.6) is 0 Å². The number of hydrogen-bond donors (Lipinski definition) is 2. The number of halogens is 1. The molecule has 1 aromatic carbocycles. The van der Waals surface area contributed by atoms with Gasteiger partial charge in [-0.3, -0.25) is 9.59 Å². The number of hydrogen-bond acceptors (Lipinski definition) is 2. The second kappa shape index (κ2) is 6.27. The fourth-order valence-corrected chi connectivity index (χ4v) is 1.62. The lowest BCUT2D eigenvalue weighted by Gasteiger charge is -2.06. The topological polar surface area (TPSA) is 58.2 Å². The van der Waals surface area contributed by atoms with Crippen LogP contribution in [0.3, 0.4) is 0 Å². The summed E-state index contributed by atoms with van der Waals surface area (Å²) in [5.74, 6) is -0.257. The average Bonchev–Trinajstić information content (AvgIpc) is 2.24. The fourth-order valence-electron chi connectivity index (χ4n) is 1.16. The van der Waals surface area contributed by atoms with E-state index in [4.69, 9.17) is 0 Å². The second-order valence-electron chi connectivity index (χ2n) is 3.22. The number of carbonyl (C=O) groups excluding carboxylic acids is 2. The molecule has 0 radical (unpaired) electrons. The Labute approximate surface area is 103 Å². The fraction of sp³-hybridized carbons (Fsp3) is 0.273. The van der Waals surface area contributed by atoms with Gasteiger partial charge in [-0.25, -0.2) is 0 Å². The Balaban J connectivity index is 2.41. The summed E-state index contributed by atoms with van der Waals surface area (Å²) in [5, 5.41) is 5.31. The number of benzene rings is 1. The van der Waals surface area contributed by atoms with Crippen LogP contribution in [0.1, 0.15) is 17.3 Å². The summed E-state index contributed by atoms with van der Waals surface area (Å²) in [6.07, 6.45) is 0. The van der Waals surface area contributed by atoms with Gasteiger partial charge >= 0.3 is 0 Å². The monoisotopic (exact) mass is 284 g/mol. The third kappa shape index (κ3) is 4.02. The molecule has 0 aromatic heterocycles. The van der Waals surface area contributed by atoms with Gasteiger partial charge in [0.25, 0.3) is 5.91 Å². The van der Waals surface area contributed by atoms with Gasteiger partial charge in [-0.15, -0.1) is 0 Å². The van der Waals surface area contributed by atoms with Crippen molar-refractivity contribution >= 4 is 27.7 Å². The maximum Gasteiger partial charge on any atom is 0.252 e. The smallest absolute Gasteiger partial charge is 0.252 e. The van der Waals surface area contributed by atoms with E-state index in [0.717, 1.165) is 4.47 Å². The van der Waals surface area contributed by atoms with Gasteiger partial charge in [-0.1, -0.05) is 12.1 Å². The van der Waals surface area contributed by atoms with Gasteiger partial charge in [-0.05, 0) is 28.1 Å². The first-order valence-corrected chi connectivity index (χ1v) is 5.67. The van der Waals surface area contributed by atoms with Crippen LogP contribution < -0.4 is 10.6 Å². The quantitative estimate of drug-likeness (QED) is 0.820. The van der Waals surface area contributed by atoms with Gasteiger partial charge in [0.2, 0.25) is 5.91 Å². The lowest BCUT2D eigenvalue weighted by molar-refractivity contribution is -0.118. The van der Waals surface area contributed by atoms with E-state index in [0.29, 0.717) is 18.7 Å². The Kier molecular flexibility index (Phi) is 4.98. The van der Waals surface area contributed by atoms with E-state index >= 15 is 0 Å². The molecule has 1 aromatic rings. The van der Waals surface area contributed by atoms with Crippen molar-refractivity contribution in [1.29, 1.82) is 0 Å². The predicted molar refractivity (Wildman–Crippen MR) is 65.2 cm³/mol. The Morgan fingerprint density at radius 3 is 2.44 bits per heavy atom. The molecule has 86 valence electrons. The summed E-state index contributed by atoms with van der Waals surface area (Å²) in [4.78, 5) is 22.2. The van der Waals surface area contributed by atoms with E-state index in [2.05, 4.69) is 26.6 Å². The normalized spacial score (nSPS) is 9.62. The van der Waals surface area contributed by atoms with Gasteiger partial charge in [0.15, 0.2) is 0 Å². The van der Waals surface area contributed by atoms with Crippen LogP contribution in [0.2, 0.25) is 0 Å². The third-order valence-electron chi connectivity index (χ3n) is 1.90. The Bertz CT molecular complexity index is 393. The first kappa shape index (κ1) is 12.7. The lowest BCUT2D eigenvalue weighted by Crippen LogP contribution is -2.33. The van der Waals surface area contributed by atoms with Crippen LogP contribution in [-0.2, 0) is 4.79 Å². The summed E-state index contributed by atoms with van der Waals surface area (Å²) < 4.78 is 0.757. The molecular weight excluding hydrogens is 272 g/mol. The van der Waals surface area contributed by atoms with Crippen LogP contribution in [0.15, 0.2) is 28.7 Å². The maximum atomic E-state index is 11.7. The molecule has 0 aliphatic heterocycles. The Morgan fingerprint density at radius 1 is 1.19 bits per heavy atom. The molecule has 2 N–H and O–H groups in total. The van der Waals surface area contributed by atoms with Gasteiger partial charge in [0, 0.05) is 24.5 Å². The highest BCUT2D eigenvalue weighted by Crippen LogP contribution is 2.15. The zero-order valence-corrected chi connectivity index (χ0v) is 10.5. The van der Waals surface area contributed by atoms with E-state index in [1.165, 1.54) is 6.92 Å². The maximum absolute atomic E-state index is 11.7. The molecule has 4 nitrogen and oxygen atoms in total. The van der Waals surface area contributed by atoms with Gasteiger partial charge in [0.05, 0.1) is 5.56 Å². The second-order valence-corrected chi connectivity index (χ2v) is 4.07. The first-order chi connectivity index (χ1) is 7.61. The number of nitrogens with one attached hydrogen (secondary N) is 2. The first-order valence-electron chi connectivity index (χ1n) is 4.88. The van der Waals surface area contributed by atoms with Crippen molar-refractivity contribution < 1.29 is 9.59 Å². The zero-order chi connectivity index (χ0) is 12.0. The molecule has 0 atom stereocenters. The minimum absolute atomic E-state index is 0.102. The highest BCUT2D eigenvalue weighted by molar-refractivity contribution is 9.10. The largest absolute Gasteiger partial charge is 0.355 e. The van der Waals surface area contributed by atoms with Gasteiger partial charge < -0.3 is 10.6 Å². The molecule has 0 aliphatic carbocycles. The molecule has 0 spiro atoms. The minimum atomic E-state index is -0.155. The van der Waals surface area contributed by atoms with Crippen LogP contribution >= 0.6 is 15.9 Å². The summed E-state index contributed by atoms with van der Waals surface area (Å²) in [5.41, 5.74) is 0.588. The van der Waals surface area contributed by atoms with E-state index in [1.807, 2.05) is 12.1 Å². The molecule has 16 heavy (non-hydrogen) atoms. The van der Waals surface area contributed by atoms with E-state index < -0.39 is 0 Å². The third-order valence-corrected chi connectivity index (χ3v) is 2.59. The molecule has 0 saturated carbocycles. The molecule has 2 amide bonds. The molecule has 0 aliphatic rings. The van der Waals surface area contributed by atoms with Crippen molar-refractivity contribution in [2.45, 2.75) is 6.92 Å². The summed E-state index contributed by atoms with van der Waals surface area (Å²) in [6, 6.07) is 7.19. The SMILES string of the molecule is CC(=O)NCCNC(=O)c1ccccc1Br. The molecular formula is C11H13BrN2O2. The van der Waals surface area contributed by atoms with E-state index in [-0.39, 0.29) is 11.8 Å². The van der Waals surface area contributed by atoms with Crippen molar-refractivity contribution in [3.05, 3.63) is 34.3 Å². The van der Waals surface area contributed by atoms with Crippen LogP contribution in [0.25, 0.3) is 0 Å². The highest BCUT2D eigenvalue weighted by atomic mass is 79.9. The molecule has 1 rings (SSSR count). The number of amides is 2. The van der Waals surface area contributed by atoms with Gasteiger partial charge in [0.1, 0.15) is 0 Å². The summed E-state index contributed by atoms with van der Waals surface area (Å²) >= 11 is 3.30. The van der Waals surface area contributed by atoms with Crippen LogP contribution in [-0.4, -0.2) is 24.9 Å². The summed E-state index contributed by atoms with van der Waals surface area (Å²) in [6.45, 7) is 2.29. The number of rotatable bonds is 4. The van der Waals surface area contributed by atoms with Crippen molar-refractivity contribution in [1.82, 2.24) is 10.6 Å². The lowest BCUT2D eigenvalue weighted by atomic mass is 10.2. The highest BCUT2D eigenvalue weighted by Gasteiger charge is 2.07. The Hall–Kier alpha value is -1.36. The zero-order valence-electron chi connectivity index (χ0n) is 8.92. The predicted octanol–water partition coefficient (Wildman–Crippen LogP) is 1.31. The van der Waals surface area contributed by atoms with E-state index in [9.17, 15) is 9.59 Å². The summed E-state index contributed by atoms with van der Waals surface area (Å²) in [7, 11) is 0. The molecule has 0 heterocycles. The minimum Gasteiger partial charge on any atom is -0.355 e. The molecule has 0 saturated heterocycles. The van der Waals surface area contributed by atoms with Crippen molar-refractivity contribution in [2.75, 3.05) is 13.1 Å². The van der Waals surface area contributed by atoms with Crippen LogP contribution in [0.4, 0.5) is 0 Å². The molecule has 0 bridgehead atoms. The van der Waals surface area contributed by atoms with Crippen LogP contribution in [0, 0.1) is 0 Å². The van der Waals surface area contributed by atoms with Gasteiger partial charge in [-0.2, -0.15) is 0 Å².